The first kappa shape index (κ1) is 17.5. The molecule has 0 spiro atoms. The van der Waals surface area contributed by atoms with Crippen LogP contribution in [0.1, 0.15) is 17.2 Å². The lowest BCUT2D eigenvalue weighted by atomic mass is 10.0. The zero-order valence-electron chi connectivity index (χ0n) is 14.4. The van der Waals surface area contributed by atoms with Gasteiger partial charge in [0.1, 0.15) is 0 Å². The van der Waals surface area contributed by atoms with Gasteiger partial charge in [0.25, 0.3) is 0 Å². The molecule has 1 aliphatic rings. The van der Waals surface area contributed by atoms with Crippen molar-refractivity contribution in [3.05, 3.63) is 77.1 Å². The topological polar surface area (TPSA) is 74.2 Å². The van der Waals surface area contributed by atoms with E-state index in [0.29, 0.717) is 11.4 Å². The molecule has 0 saturated heterocycles. The molecule has 2 aromatic carbocycles. The maximum Gasteiger partial charge on any atom is 0.228 e. The molecule has 3 aromatic rings. The van der Waals surface area contributed by atoms with Crippen LogP contribution in [0, 0.1) is 0 Å². The van der Waals surface area contributed by atoms with E-state index in [4.69, 9.17) is 11.6 Å². The molecule has 5 nitrogen and oxygen atoms in total. The van der Waals surface area contributed by atoms with Gasteiger partial charge in [-0.1, -0.05) is 35.9 Å². The summed E-state index contributed by atoms with van der Waals surface area (Å²) in [5.41, 5.74) is 5.37. The summed E-state index contributed by atoms with van der Waals surface area (Å²) in [7, 11) is 0. The highest BCUT2D eigenvalue weighted by molar-refractivity contribution is 6.31. The van der Waals surface area contributed by atoms with E-state index >= 15 is 0 Å². The second-order valence-corrected chi connectivity index (χ2v) is 6.87. The third kappa shape index (κ3) is 3.65. The standard InChI is InChI=1S/C21H18ClN3O2/c22-18-4-2-1-3-17(18)20(12-26)24-16-8-15(10-23-11-16)13-5-6-19-14(7-13)9-21(27)25-19/h1-8,10-11,20,24,26H,9,12H2,(H,25,27)/t20-/m0/s1. The first-order valence-corrected chi connectivity index (χ1v) is 9.02. The minimum atomic E-state index is -0.336. The molecule has 0 aliphatic carbocycles. The number of benzene rings is 2. The van der Waals surface area contributed by atoms with Crippen molar-refractivity contribution < 1.29 is 9.90 Å². The Morgan fingerprint density at radius 2 is 2.00 bits per heavy atom. The Hall–Kier alpha value is -2.89. The summed E-state index contributed by atoms with van der Waals surface area (Å²) in [6.45, 7) is -0.0966. The Morgan fingerprint density at radius 1 is 1.15 bits per heavy atom. The van der Waals surface area contributed by atoms with Crippen molar-refractivity contribution in [1.29, 1.82) is 0 Å². The van der Waals surface area contributed by atoms with Gasteiger partial charge in [0.05, 0.1) is 24.8 Å². The highest BCUT2D eigenvalue weighted by atomic mass is 35.5. The van der Waals surface area contributed by atoms with Crippen molar-refractivity contribution in [1.82, 2.24) is 4.98 Å². The van der Waals surface area contributed by atoms with Gasteiger partial charge < -0.3 is 15.7 Å². The largest absolute Gasteiger partial charge is 0.394 e. The van der Waals surface area contributed by atoms with Crippen LogP contribution in [-0.2, 0) is 11.2 Å². The van der Waals surface area contributed by atoms with E-state index < -0.39 is 0 Å². The normalized spacial score (nSPS) is 13.8. The van der Waals surface area contributed by atoms with Crippen molar-refractivity contribution in [3.63, 3.8) is 0 Å². The van der Waals surface area contributed by atoms with E-state index in [2.05, 4.69) is 15.6 Å². The number of aliphatic hydroxyl groups is 1. The van der Waals surface area contributed by atoms with Crippen LogP contribution in [0.15, 0.2) is 60.9 Å². The van der Waals surface area contributed by atoms with Crippen molar-refractivity contribution in [2.24, 2.45) is 0 Å². The van der Waals surface area contributed by atoms with Crippen molar-refractivity contribution in [2.75, 3.05) is 17.2 Å². The third-order valence-electron chi connectivity index (χ3n) is 4.61. The Labute approximate surface area is 162 Å². The number of nitrogens with one attached hydrogen (secondary N) is 2. The lowest BCUT2D eigenvalue weighted by molar-refractivity contribution is -0.115. The number of anilines is 2. The minimum absolute atomic E-state index is 0.0150. The van der Waals surface area contributed by atoms with Gasteiger partial charge in [0.15, 0.2) is 0 Å². The van der Waals surface area contributed by atoms with Gasteiger partial charge in [-0.15, -0.1) is 0 Å². The molecule has 0 saturated carbocycles. The zero-order valence-corrected chi connectivity index (χ0v) is 15.2. The van der Waals surface area contributed by atoms with Crippen molar-refractivity contribution in [3.8, 4) is 11.1 Å². The van der Waals surface area contributed by atoms with Gasteiger partial charge in [0.2, 0.25) is 5.91 Å². The van der Waals surface area contributed by atoms with Crippen LogP contribution in [0.5, 0.6) is 0 Å². The summed E-state index contributed by atoms with van der Waals surface area (Å²) in [4.78, 5) is 15.9. The molecular weight excluding hydrogens is 362 g/mol. The SMILES string of the molecule is O=C1Cc2cc(-c3cncc(N[C@@H](CO)c4ccccc4Cl)c3)ccc2N1. The highest BCUT2D eigenvalue weighted by Gasteiger charge is 2.18. The summed E-state index contributed by atoms with van der Waals surface area (Å²) in [5.74, 6) is 0.0150. The van der Waals surface area contributed by atoms with Crippen LogP contribution in [-0.4, -0.2) is 22.6 Å². The monoisotopic (exact) mass is 379 g/mol. The van der Waals surface area contributed by atoms with Crippen LogP contribution in [0.4, 0.5) is 11.4 Å². The van der Waals surface area contributed by atoms with E-state index in [1.807, 2.05) is 42.5 Å². The number of pyridine rings is 1. The van der Waals surface area contributed by atoms with Gasteiger partial charge in [-0.25, -0.2) is 0 Å². The summed E-state index contributed by atoms with van der Waals surface area (Å²) in [6, 6.07) is 14.9. The van der Waals surface area contributed by atoms with E-state index in [1.54, 1.807) is 18.5 Å². The predicted octanol–water partition coefficient (Wildman–Crippen LogP) is 4.04. The van der Waals surface area contributed by atoms with Crippen LogP contribution in [0.25, 0.3) is 11.1 Å². The molecule has 0 radical (unpaired) electrons. The molecule has 2 heterocycles. The summed E-state index contributed by atoms with van der Waals surface area (Å²) in [5, 5.41) is 16.5. The van der Waals surface area contributed by atoms with Crippen LogP contribution >= 0.6 is 11.6 Å². The molecular formula is C21H18ClN3O2. The molecule has 1 amide bonds. The van der Waals surface area contributed by atoms with Gasteiger partial charge in [-0.3, -0.25) is 9.78 Å². The zero-order chi connectivity index (χ0) is 18.8. The quantitative estimate of drug-likeness (QED) is 0.625. The Bertz CT molecular complexity index is 1010. The summed E-state index contributed by atoms with van der Waals surface area (Å²) in [6.07, 6.45) is 3.88. The van der Waals surface area contributed by atoms with Gasteiger partial charge in [0, 0.05) is 28.7 Å². The molecule has 4 rings (SSSR count). The summed E-state index contributed by atoms with van der Waals surface area (Å²) < 4.78 is 0. The number of hydrogen-bond donors (Lipinski definition) is 3. The molecule has 0 unspecified atom stereocenters. The number of fused-ring (bicyclic) bond motifs is 1. The fourth-order valence-corrected chi connectivity index (χ4v) is 3.53. The first-order chi connectivity index (χ1) is 13.1. The van der Waals surface area contributed by atoms with E-state index in [0.717, 1.165) is 33.6 Å². The number of halogens is 1. The molecule has 0 fully saturated rings. The van der Waals surface area contributed by atoms with E-state index in [9.17, 15) is 9.90 Å². The van der Waals surface area contributed by atoms with Gasteiger partial charge in [-0.2, -0.15) is 0 Å². The number of aliphatic hydroxyl groups excluding tert-OH is 1. The molecule has 1 aliphatic heterocycles. The average molecular weight is 380 g/mol. The van der Waals surface area contributed by atoms with E-state index in [-0.39, 0.29) is 18.6 Å². The highest BCUT2D eigenvalue weighted by Crippen LogP contribution is 2.31. The molecule has 136 valence electrons. The summed E-state index contributed by atoms with van der Waals surface area (Å²) >= 11 is 6.26. The van der Waals surface area contributed by atoms with Gasteiger partial charge >= 0.3 is 0 Å². The Morgan fingerprint density at radius 3 is 2.81 bits per heavy atom. The molecule has 6 heteroatoms. The molecule has 1 atom stereocenters. The first-order valence-electron chi connectivity index (χ1n) is 8.64. The fourth-order valence-electron chi connectivity index (χ4n) is 3.27. The number of rotatable bonds is 5. The van der Waals surface area contributed by atoms with Crippen LogP contribution < -0.4 is 10.6 Å². The Balaban J connectivity index is 1.60. The number of aromatic nitrogens is 1. The Kier molecular flexibility index (Phi) is 4.79. The minimum Gasteiger partial charge on any atom is -0.394 e. The lowest BCUT2D eigenvalue weighted by Crippen LogP contribution is -2.15. The molecule has 1 aromatic heterocycles. The smallest absolute Gasteiger partial charge is 0.228 e. The van der Waals surface area contributed by atoms with Crippen molar-refractivity contribution >= 4 is 28.9 Å². The third-order valence-corrected chi connectivity index (χ3v) is 4.95. The number of carbonyl (C=O) groups excluding carboxylic acids is 1. The van der Waals surface area contributed by atoms with Crippen LogP contribution in [0.2, 0.25) is 5.02 Å². The number of carbonyl (C=O) groups is 1. The number of hydrogen-bond acceptors (Lipinski definition) is 4. The molecule has 3 N–H and O–H groups in total. The fraction of sp³-hybridized carbons (Fsp3) is 0.143. The number of nitrogens with zero attached hydrogens (tertiary/aromatic N) is 1. The lowest BCUT2D eigenvalue weighted by Gasteiger charge is -2.19. The molecule has 0 bridgehead atoms. The van der Waals surface area contributed by atoms with Crippen LogP contribution in [0.3, 0.4) is 0 Å². The maximum absolute atomic E-state index is 11.6. The average Bonchev–Trinajstić information content (AvgIpc) is 3.06. The second kappa shape index (κ2) is 7.39. The molecule has 27 heavy (non-hydrogen) atoms. The second-order valence-electron chi connectivity index (χ2n) is 6.46. The van der Waals surface area contributed by atoms with Gasteiger partial charge in [-0.05, 0) is 41.0 Å². The maximum atomic E-state index is 11.6. The van der Waals surface area contributed by atoms with Crippen molar-refractivity contribution in [2.45, 2.75) is 12.5 Å². The predicted molar refractivity (Wildman–Crippen MR) is 107 cm³/mol. The number of amides is 1. The van der Waals surface area contributed by atoms with E-state index in [1.165, 1.54) is 0 Å².